The Labute approximate surface area is 96.2 Å². The van der Waals surface area contributed by atoms with Crippen LogP contribution in [0.25, 0.3) is 6.08 Å². The molecule has 0 aromatic heterocycles. The minimum Gasteiger partial charge on any atom is -0.493 e. The summed E-state index contributed by atoms with van der Waals surface area (Å²) in [5, 5.41) is 0. The van der Waals surface area contributed by atoms with Crippen molar-refractivity contribution in [3.63, 3.8) is 0 Å². The van der Waals surface area contributed by atoms with E-state index >= 15 is 0 Å². The van der Waals surface area contributed by atoms with Gasteiger partial charge in [0.2, 0.25) is 0 Å². The molecule has 0 unspecified atom stereocenters. The summed E-state index contributed by atoms with van der Waals surface area (Å²) < 4.78 is 10.6. The van der Waals surface area contributed by atoms with E-state index in [0.717, 1.165) is 24.3 Å². The lowest BCUT2D eigenvalue weighted by Crippen LogP contribution is -2.00. The molecule has 0 radical (unpaired) electrons. The molecule has 84 valence electrons. The molecule has 2 nitrogen and oxygen atoms in total. The fourth-order valence-corrected chi connectivity index (χ4v) is 2.00. The average molecular weight is 216 g/mol. The van der Waals surface area contributed by atoms with Crippen LogP contribution in [0.4, 0.5) is 0 Å². The maximum Gasteiger partial charge on any atom is 0.161 e. The summed E-state index contributed by atoms with van der Waals surface area (Å²) in [4.78, 5) is 0. The molecular formula is C14H16O2. The van der Waals surface area contributed by atoms with E-state index in [1.807, 2.05) is 12.1 Å². The van der Waals surface area contributed by atoms with Crippen molar-refractivity contribution in [3.05, 3.63) is 41.5 Å². The van der Waals surface area contributed by atoms with Gasteiger partial charge in [0, 0.05) is 0 Å². The number of aryl methyl sites for hydroxylation is 1. The topological polar surface area (TPSA) is 18.5 Å². The van der Waals surface area contributed by atoms with Crippen molar-refractivity contribution in [2.45, 2.75) is 12.8 Å². The molecular weight excluding hydrogens is 200 g/mol. The van der Waals surface area contributed by atoms with Crippen LogP contribution < -0.4 is 9.47 Å². The Balaban J connectivity index is 2.50. The second kappa shape index (κ2) is 4.44. The van der Waals surface area contributed by atoms with E-state index in [2.05, 4.69) is 18.7 Å². The zero-order valence-corrected chi connectivity index (χ0v) is 9.75. The molecule has 2 heteroatoms. The van der Waals surface area contributed by atoms with E-state index in [1.165, 1.54) is 16.7 Å². The van der Waals surface area contributed by atoms with Crippen molar-refractivity contribution >= 4 is 6.08 Å². The second-order valence-corrected chi connectivity index (χ2v) is 3.83. The number of methoxy groups -OCH3 is 2. The Bertz CT molecular complexity index is 444. The number of rotatable bonds is 3. The molecule has 0 saturated carbocycles. The summed E-state index contributed by atoms with van der Waals surface area (Å²) in [6.07, 6.45) is 6.16. The predicted octanol–water partition coefficient (Wildman–Crippen LogP) is 3.22. The van der Waals surface area contributed by atoms with Crippen molar-refractivity contribution in [2.75, 3.05) is 14.2 Å². The average Bonchev–Trinajstić information content (AvgIpc) is 2.36. The number of allylic oxidation sites excluding steroid dienone is 2. The van der Waals surface area contributed by atoms with Crippen molar-refractivity contribution in [1.82, 2.24) is 0 Å². The van der Waals surface area contributed by atoms with Crippen LogP contribution in [0.5, 0.6) is 11.5 Å². The zero-order valence-electron chi connectivity index (χ0n) is 9.75. The van der Waals surface area contributed by atoms with Crippen LogP contribution in [0.1, 0.15) is 17.5 Å². The van der Waals surface area contributed by atoms with Crippen LogP contribution >= 0.6 is 0 Å². The lowest BCUT2D eigenvalue weighted by Gasteiger charge is -2.17. The monoisotopic (exact) mass is 216 g/mol. The highest BCUT2D eigenvalue weighted by Gasteiger charge is 2.13. The van der Waals surface area contributed by atoms with Crippen molar-refractivity contribution < 1.29 is 9.47 Å². The molecule has 0 atom stereocenters. The highest BCUT2D eigenvalue weighted by molar-refractivity contribution is 5.65. The standard InChI is InChI=1S/C14H16O2/c1-4-10-5-6-11-8-13(15-2)14(16-3)9-12(11)7-10/h4,7-9H,1,5-6H2,2-3H3. The van der Waals surface area contributed by atoms with Gasteiger partial charge in [0.25, 0.3) is 0 Å². The third kappa shape index (κ3) is 1.83. The molecule has 1 aromatic carbocycles. The lowest BCUT2D eigenvalue weighted by atomic mass is 9.92. The Kier molecular flexibility index (Phi) is 3.00. The molecule has 1 aromatic rings. The summed E-state index contributed by atoms with van der Waals surface area (Å²) in [6, 6.07) is 4.08. The van der Waals surface area contributed by atoms with Crippen LogP contribution in [0.2, 0.25) is 0 Å². The molecule has 0 fully saturated rings. The largest absolute Gasteiger partial charge is 0.493 e. The van der Waals surface area contributed by atoms with Gasteiger partial charge < -0.3 is 9.47 Å². The van der Waals surface area contributed by atoms with Crippen LogP contribution in [0, 0.1) is 0 Å². The van der Waals surface area contributed by atoms with Crippen LogP contribution in [-0.2, 0) is 6.42 Å². The van der Waals surface area contributed by atoms with Gasteiger partial charge in [-0.3, -0.25) is 0 Å². The van der Waals surface area contributed by atoms with E-state index in [4.69, 9.17) is 9.47 Å². The first kappa shape index (κ1) is 10.8. The Morgan fingerprint density at radius 1 is 1.12 bits per heavy atom. The van der Waals surface area contributed by atoms with Gasteiger partial charge >= 0.3 is 0 Å². The molecule has 0 saturated heterocycles. The highest BCUT2D eigenvalue weighted by atomic mass is 16.5. The van der Waals surface area contributed by atoms with E-state index in [9.17, 15) is 0 Å². The summed E-state index contributed by atoms with van der Waals surface area (Å²) in [5.74, 6) is 1.58. The lowest BCUT2D eigenvalue weighted by molar-refractivity contribution is 0.354. The molecule has 0 N–H and O–H groups in total. The molecule has 0 spiro atoms. The smallest absolute Gasteiger partial charge is 0.161 e. The second-order valence-electron chi connectivity index (χ2n) is 3.83. The van der Waals surface area contributed by atoms with E-state index in [-0.39, 0.29) is 0 Å². The predicted molar refractivity (Wildman–Crippen MR) is 66.0 cm³/mol. The third-order valence-corrected chi connectivity index (χ3v) is 2.93. The SMILES string of the molecule is C=CC1=Cc2cc(OC)c(OC)cc2CC1. The first-order chi connectivity index (χ1) is 7.78. The summed E-state index contributed by atoms with van der Waals surface area (Å²) in [6.45, 7) is 3.81. The maximum atomic E-state index is 5.29. The van der Waals surface area contributed by atoms with E-state index in [0.29, 0.717) is 0 Å². The minimum absolute atomic E-state index is 0.780. The Hall–Kier alpha value is -1.70. The molecule has 0 aliphatic heterocycles. The molecule has 1 aliphatic rings. The summed E-state index contributed by atoms with van der Waals surface area (Å²) in [7, 11) is 3.32. The Morgan fingerprint density at radius 2 is 1.81 bits per heavy atom. The van der Waals surface area contributed by atoms with Crippen molar-refractivity contribution in [3.8, 4) is 11.5 Å². The van der Waals surface area contributed by atoms with Gasteiger partial charge in [-0.25, -0.2) is 0 Å². The number of hydrogen-bond donors (Lipinski definition) is 0. The number of benzene rings is 1. The quantitative estimate of drug-likeness (QED) is 0.772. The minimum atomic E-state index is 0.780. The third-order valence-electron chi connectivity index (χ3n) is 2.93. The summed E-state index contributed by atoms with van der Waals surface area (Å²) >= 11 is 0. The molecule has 2 rings (SSSR count). The number of ether oxygens (including phenoxy) is 2. The van der Waals surface area contributed by atoms with E-state index in [1.54, 1.807) is 14.2 Å². The molecule has 0 amide bonds. The van der Waals surface area contributed by atoms with Gasteiger partial charge in [0.05, 0.1) is 14.2 Å². The van der Waals surface area contributed by atoms with Crippen LogP contribution in [0.3, 0.4) is 0 Å². The van der Waals surface area contributed by atoms with Crippen molar-refractivity contribution in [1.29, 1.82) is 0 Å². The maximum absolute atomic E-state index is 5.29. The fourth-order valence-electron chi connectivity index (χ4n) is 2.00. The number of hydrogen-bond acceptors (Lipinski definition) is 2. The molecule has 16 heavy (non-hydrogen) atoms. The van der Waals surface area contributed by atoms with Crippen molar-refractivity contribution in [2.24, 2.45) is 0 Å². The van der Waals surface area contributed by atoms with Gasteiger partial charge in [-0.15, -0.1) is 0 Å². The molecule has 0 bridgehead atoms. The summed E-state index contributed by atoms with van der Waals surface area (Å²) in [5.41, 5.74) is 3.79. The van der Waals surface area contributed by atoms with Crippen LogP contribution in [-0.4, -0.2) is 14.2 Å². The van der Waals surface area contributed by atoms with Gasteiger partial charge in [-0.1, -0.05) is 18.7 Å². The first-order valence-electron chi connectivity index (χ1n) is 5.36. The zero-order chi connectivity index (χ0) is 11.5. The van der Waals surface area contributed by atoms with Gasteiger partial charge in [0.15, 0.2) is 11.5 Å². The molecule has 0 heterocycles. The number of fused-ring (bicyclic) bond motifs is 1. The fraction of sp³-hybridized carbons (Fsp3) is 0.286. The van der Waals surface area contributed by atoms with Crippen LogP contribution in [0.15, 0.2) is 30.4 Å². The highest BCUT2D eigenvalue weighted by Crippen LogP contribution is 2.34. The normalized spacial score (nSPS) is 13.8. The van der Waals surface area contributed by atoms with E-state index < -0.39 is 0 Å². The van der Waals surface area contributed by atoms with Gasteiger partial charge in [-0.2, -0.15) is 0 Å². The van der Waals surface area contributed by atoms with Gasteiger partial charge in [-0.05, 0) is 41.7 Å². The first-order valence-corrected chi connectivity index (χ1v) is 5.36. The molecule has 1 aliphatic carbocycles. The Morgan fingerprint density at radius 3 is 2.44 bits per heavy atom. The van der Waals surface area contributed by atoms with Gasteiger partial charge in [0.1, 0.15) is 0 Å².